The second-order valence-corrected chi connectivity index (χ2v) is 6.57. The fourth-order valence-corrected chi connectivity index (χ4v) is 3.58. The molecular formula is C18H17FN4O3. The Morgan fingerprint density at radius 2 is 1.92 bits per heavy atom. The first kappa shape index (κ1) is 16.6. The van der Waals surface area contributed by atoms with Crippen LogP contribution in [0.25, 0.3) is 0 Å². The number of nitrogens with zero attached hydrogens (tertiary/aromatic N) is 3. The molecule has 1 saturated heterocycles. The standard InChI is InChI=1S/C18H17FN4O3/c19-12-4-3-10(9-14(12)23-15(24)5-6-16(23)25)8-13-17-11(2-1-7-20-17)18(26)22-21-13/h3-4,9,13,20H,1-2,5-8H2. The van der Waals surface area contributed by atoms with Crippen LogP contribution in [-0.2, 0) is 20.8 Å². The number of halogens is 1. The van der Waals surface area contributed by atoms with Gasteiger partial charge in [-0.3, -0.25) is 14.4 Å². The summed E-state index contributed by atoms with van der Waals surface area (Å²) in [6, 6.07) is 3.99. The highest BCUT2D eigenvalue weighted by Crippen LogP contribution is 2.30. The molecule has 26 heavy (non-hydrogen) atoms. The minimum Gasteiger partial charge on any atom is -0.386 e. The second kappa shape index (κ2) is 6.44. The van der Waals surface area contributed by atoms with E-state index >= 15 is 0 Å². The molecule has 0 radical (unpaired) electrons. The summed E-state index contributed by atoms with van der Waals surface area (Å²) < 4.78 is 14.2. The maximum atomic E-state index is 14.2. The van der Waals surface area contributed by atoms with E-state index in [0.29, 0.717) is 24.0 Å². The molecule has 1 atom stereocenters. The third-order valence-electron chi connectivity index (χ3n) is 4.86. The molecule has 3 aliphatic heterocycles. The summed E-state index contributed by atoms with van der Waals surface area (Å²) in [4.78, 5) is 36.6. The number of amides is 3. The Balaban J connectivity index is 1.63. The van der Waals surface area contributed by atoms with Crippen molar-refractivity contribution in [1.82, 2.24) is 5.32 Å². The molecule has 4 rings (SSSR count). The van der Waals surface area contributed by atoms with E-state index in [0.717, 1.165) is 23.6 Å². The third-order valence-corrected chi connectivity index (χ3v) is 4.86. The van der Waals surface area contributed by atoms with E-state index in [9.17, 15) is 18.8 Å². The minimum atomic E-state index is -0.617. The maximum absolute atomic E-state index is 14.2. The molecule has 1 aromatic rings. The van der Waals surface area contributed by atoms with Crippen molar-refractivity contribution in [3.8, 4) is 0 Å². The molecule has 134 valence electrons. The Kier molecular flexibility index (Phi) is 4.10. The van der Waals surface area contributed by atoms with Crippen LogP contribution < -0.4 is 10.2 Å². The Labute approximate surface area is 149 Å². The lowest BCUT2D eigenvalue weighted by Gasteiger charge is -2.27. The number of hydrogen-bond donors (Lipinski definition) is 1. The van der Waals surface area contributed by atoms with Gasteiger partial charge < -0.3 is 5.32 Å². The molecule has 3 heterocycles. The van der Waals surface area contributed by atoms with Gasteiger partial charge in [0.15, 0.2) is 0 Å². The zero-order valence-electron chi connectivity index (χ0n) is 14.0. The van der Waals surface area contributed by atoms with Crippen molar-refractivity contribution >= 4 is 23.4 Å². The predicted octanol–water partition coefficient (Wildman–Crippen LogP) is 2.02. The zero-order chi connectivity index (χ0) is 18.3. The van der Waals surface area contributed by atoms with Crippen molar-refractivity contribution in [1.29, 1.82) is 0 Å². The van der Waals surface area contributed by atoms with Gasteiger partial charge in [0.05, 0.1) is 5.69 Å². The van der Waals surface area contributed by atoms with E-state index in [4.69, 9.17) is 0 Å². The average Bonchev–Trinajstić information content (AvgIpc) is 2.98. The number of carbonyl (C=O) groups is 3. The molecule has 0 saturated carbocycles. The summed E-state index contributed by atoms with van der Waals surface area (Å²) in [5, 5.41) is 11.0. The van der Waals surface area contributed by atoms with Crippen LogP contribution in [0.4, 0.5) is 10.1 Å². The Hall–Kier alpha value is -2.90. The first-order valence-corrected chi connectivity index (χ1v) is 8.61. The molecule has 1 aromatic carbocycles. The van der Waals surface area contributed by atoms with E-state index in [1.165, 1.54) is 12.1 Å². The van der Waals surface area contributed by atoms with Crippen molar-refractivity contribution in [2.24, 2.45) is 10.2 Å². The molecule has 0 spiro atoms. The van der Waals surface area contributed by atoms with Gasteiger partial charge in [0.2, 0.25) is 11.8 Å². The lowest BCUT2D eigenvalue weighted by Crippen LogP contribution is -2.34. The smallest absolute Gasteiger partial charge is 0.292 e. The Bertz CT molecular complexity index is 861. The number of anilines is 1. The molecule has 0 aliphatic carbocycles. The van der Waals surface area contributed by atoms with Crippen LogP contribution in [-0.4, -0.2) is 30.3 Å². The van der Waals surface area contributed by atoms with Crippen molar-refractivity contribution in [2.75, 3.05) is 11.4 Å². The van der Waals surface area contributed by atoms with Crippen LogP contribution in [0.15, 0.2) is 39.7 Å². The highest BCUT2D eigenvalue weighted by molar-refractivity contribution is 6.19. The molecule has 7 nitrogen and oxygen atoms in total. The molecule has 1 unspecified atom stereocenters. The number of nitrogens with one attached hydrogen (secondary N) is 1. The normalized spacial score (nSPS) is 22.7. The summed E-state index contributed by atoms with van der Waals surface area (Å²) in [6.45, 7) is 0.767. The highest BCUT2D eigenvalue weighted by atomic mass is 19.1. The molecule has 0 aromatic heterocycles. The van der Waals surface area contributed by atoms with E-state index in [1.54, 1.807) is 6.07 Å². The topological polar surface area (TPSA) is 91.2 Å². The summed E-state index contributed by atoms with van der Waals surface area (Å²) in [5.41, 5.74) is 2.12. The van der Waals surface area contributed by atoms with Gasteiger partial charge in [0, 0.05) is 37.1 Å². The molecule has 0 bridgehead atoms. The largest absolute Gasteiger partial charge is 0.386 e. The first-order chi connectivity index (χ1) is 12.5. The number of hydrogen-bond acceptors (Lipinski definition) is 5. The van der Waals surface area contributed by atoms with Crippen molar-refractivity contribution in [3.05, 3.63) is 40.8 Å². The van der Waals surface area contributed by atoms with Gasteiger partial charge in [-0.15, -0.1) is 5.11 Å². The first-order valence-electron chi connectivity index (χ1n) is 8.61. The number of azo groups is 1. The van der Waals surface area contributed by atoms with Crippen LogP contribution in [0.2, 0.25) is 0 Å². The van der Waals surface area contributed by atoms with Crippen LogP contribution in [0, 0.1) is 5.82 Å². The third kappa shape index (κ3) is 2.81. The minimum absolute atomic E-state index is 0.0235. The van der Waals surface area contributed by atoms with Crippen LogP contribution >= 0.6 is 0 Å². The lowest BCUT2D eigenvalue weighted by atomic mass is 9.94. The van der Waals surface area contributed by atoms with Gasteiger partial charge >= 0.3 is 0 Å². The average molecular weight is 356 g/mol. The van der Waals surface area contributed by atoms with Gasteiger partial charge in [0.25, 0.3) is 5.91 Å². The van der Waals surface area contributed by atoms with Gasteiger partial charge in [-0.25, -0.2) is 9.29 Å². The van der Waals surface area contributed by atoms with Gasteiger partial charge in [-0.05, 0) is 30.5 Å². The Morgan fingerprint density at radius 3 is 2.69 bits per heavy atom. The molecule has 1 N–H and O–H groups in total. The predicted molar refractivity (Wildman–Crippen MR) is 89.7 cm³/mol. The maximum Gasteiger partial charge on any atom is 0.292 e. The fraction of sp³-hybridized carbons (Fsp3) is 0.389. The number of carbonyl (C=O) groups excluding carboxylic acids is 3. The SMILES string of the molecule is O=C1N=NC(Cc2ccc(F)c(N3C(=O)CCC3=O)c2)C2=C1CCCN2. The van der Waals surface area contributed by atoms with Gasteiger partial charge in [0.1, 0.15) is 11.9 Å². The molecule has 8 heteroatoms. The number of rotatable bonds is 3. The highest BCUT2D eigenvalue weighted by Gasteiger charge is 2.33. The number of imide groups is 1. The van der Waals surface area contributed by atoms with Gasteiger partial charge in [-0.1, -0.05) is 6.07 Å². The monoisotopic (exact) mass is 356 g/mol. The summed E-state index contributed by atoms with van der Waals surface area (Å²) in [7, 11) is 0. The summed E-state index contributed by atoms with van der Waals surface area (Å²) in [6.07, 6.45) is 2.13. The van der Waals surface area contributed by atoms with Crippen molar-refractivity contribution < 1.29 is 18.8 Å². The van der Waals surface area contributed by atoms with Gasteiger partial charge in [-0.2, -0.15) is 5.11 Å². The summed E-state index contributed by atoms with van der Waals surface area (Å²) >= 11 is 0. The van der Waals surface area contributed by atoms with Crippen LogP contribution in [0.1, 0.15) is 31.2 Å². The van der Waals surface area contributed by atoms with E-state index < -0.39 is 17.6 Å². The molecule has 3 aliphatic rings. The molecular weight excluding hydrogens is 339 g/mol. The van der Waals surface area contributed by atoms with Crippen LogP contribution in [0.5, 0.6) is 0 Å². The number of benzene rings is 1. The van der Waals surface area contributed by atoms with E-state index in [1.807, 2.05) is 0 Å². The van der Waals surface area contributed by atoms with Crippen molar-refractivity contribution in [3.63, 3.8) is 0 Å². The van der Waals surface area contributed by atoms with E-state index in [-0.39, 0.29) is 30.5 Å². The fourth-order valence-electron chi connectivity index (χ4n) is 3.58. The summed E-state index contributed by atoms with van der Waals surface area (Å²) in [5.74, 6) is -1.72. The Morgan fingerprint density at radius 1 is 1.15 bits per heavy atom. The van der Waals surface area contributed by atoms with Crippen LogP contribution in [0.3, 0.4) is 0 Å². The van der Waals surface area contributed by atoms with Crippen molar-refractivity contribution in [2.45, 2.75) is 38.1 Å². The molecule has 1 fully saturated rings. The second-order valence-electron chi connectivity index (χ2n) is 6.57. The zero-order valence-corrected chi connectivity index (χ0v) is 14.0. The lowest BCUT2D eigenvalue weighted by molar-refractivity contribution is -0.121. The quantitative estimate of drug-likeness (QED) is 0.839. The van der Waals surface area contributed by atoms with E-state index in [2.05, 4.69) is 15.5 Å². The molecule has 3 amide bonds.